The zero-order valence-corrected chi connectivity index (χ0v) is 13.3. The van der Waals surface area contributed by atoms with Crippen molar-refractivity contribution in [1.82, 2.24) is 0 Å². The van der Waals surface area contributed by atoms with Crippen molar-refractivity contribution in [2.45, 2.75) is 66.2 Å². The minimum atomic E-state index is 0.134. The van der Waals surface area contributed by atoms with E-state index in [0.717, 1.165) is 17.9 Å². The molecule has 0 aliphatic heterocycles. The fourth-order valence-electron chi connectivity index (χ4n) is 2.21. The third kappa shape index (κ3) is 9.72. The van der Waals surface area contributed by atoms with Crippen molar-refractivity contribution in [2.75, 3.05) is 6.61 Å². The van der Waals surface area contributed by atoms with Gasteiger partial charge in [0.25, 0.3) is 0 Å². The van der Waals surface area contributed by atoms with Crippen molar-refractivity contribution in [3.63, 3.8) is 0 Å². The van der Waals surface area contributed by atoms with Crippen LogP contribution in [-0.2, 0) is 0 Å². The van der Waals surface area contributed by atoms with Gasteiger partial charge < -0.3 is 5.11 Å². The van der Waals surface area contributed by atoms with Gasteiger partial charge in [-0.05, 0) is 44.9 Å². The molecular weight excluding hydrogens is 232 g/mol. The summed E-state index contributed by atoms with van der Waals surface area (Å²) in [6.07, 6.45) is 15.9. The van der Waals surface area contributed by atoms with Crippen molar-refractivity contribution >= 4 is 0 Å². The van der Waals surface area contributed by atoms with Gasteiger partial charge in [0.2, 0.25) is 0 Å². The normalized spacial score (nSPS) is 13.8. The van der Waals surface area contributed by atoms with Gasteiger partial charge in [-0.3, -0.25) is 0 Å². The Labute approximate surface area is 120 Å². The van der Waals surface area contributed by atoms with Crippen LogP contribution in [0.2, 0.25) is 0 Å². The molecule has 0 aliphatic rings. The Kier molecular flexibility index (Phi) is 11.7. The van der Waals surface area contributed by atoms with E-state index in [9.17, 15) is 0 Å². The van der Waals surface area contributed by atoms with E-state index in [2.05, 4.69) is 39.0 Å². The van der Waals surface area contributed by atoms with Gasteiger partial charge in [0.1, 0.15) is 0 Å². The van der Waals surface area contributed by atoms with Crippen LogP contribution in [0.1, 0.15) is 66.2 Å². The summed E-state index contributed by atoms with van der Waals surface area (Å²) in [6.45, 7) is 8.93. The fourth-order valence-corrected chi connectivity index (χ4v) is 2.21. The van der Waals surface area contributed by atoms with Gasteiger partial charge in [0.15, 0.2) is 0 Å². The highest BCUT2D eigenvalue weighted by Gasteiger charge is 2.03. The van der Waals surface area contributed by atoms with E-state index < -0.39 is 0 Å². The Bertz CT molecular complexity index is 291. The first-order chi connectivity index (χ1) is 9.17. The highest BCUT2D eigenvalue weighted by atomic mass is 16.2. The first-order valence-corrected chi connectivity index (χ1v) is 7.79. The van der Waals surface area contributed by atoms with Crippen LogP contribution in [0.5, 0.6) is 0 Å². The molecule has 0 saturated heterocycles. The van der Waals surface area contributed by atoms with Gasteiger partial charge in [-0.15, -0.1) is 0 Å². The number of aliphatic hydroxyl groups is 1. The molecule has 0 bridgehead atoms. The summed E-state index contributed by atoms with van der Waals surface area (Å²) in [4.78, 5) is 0. The first kappa shape index (κ1) is 18.2. The van der Waals surface area contributed by atoms with Crippen molar-refractivity contribution in [3.8, 4) is 0 Å². The summed E-state index contributed by atoms with van der Waals surface area (Å²) >= 11 is 0. The maximum atomic E-state index is 8.79. The summed E-state index contributed by atoms with van der Waals surface area (Å²) in [6, 6.07) is 0. The Hall–Kier alpha value is -0.820. The number of aliphatic hydroxyl groups excluding tert-OH is 1. The molecule has 1 heteroatoms. The number of allylic oxidation sites excluding steroid dienone is 5. The predicted molar refractivity (Wildman–Crippen MR) is 86.3 cm³/mol. The molecule has 0 fully saturated rings. The maximum absolute atomic E-state index is 8.79. The Balaban J connectivity index is 4.09. The van der Waals surface area contributed by atoms with Crippen LogP contribution in [0, 0.1) is 5.92 Å². The molecule has 19 heavy (non-hydrogen) atoms. The van der Waals surface area contributed by atoms with Gasteiger partial charge in [-0.1, -0.05) is 62.6 Å². The first-order valence-electron chi connectivity index (χ1n) is 7.79. The molecule has 110 valence electrons. The van der Waals surface area contributed by atoms with E-state index >= 15 is 0 Å². The Morgan fingerprint density at radius 2 is 1.79 bits per heavy atom. The minimum absolute atomic E-state index is 0.134. The lowest BCUT2D eigenvalue weighted by Gasteiger charge is -2.11. The molecule has 0 aromatic rings. The lowest BCUT2D eigenvalue weighted by molar-refractivity contribution is 0.342. The van der Waals surface area contributed by atoms with Crippen LogP contribution in [0.15, 0.2) is 35.5 Å². The van der Waals surface area contributed by atoms with Crippen molar-refractivity contribution in [2.24, 2.45) is 5.92 Å². The van der Waals surface area contributed by atoms with Crippen LogP contribution >= 0.6 is 0 Å². The van der Waals surface area contributed by atoms with E-state index in [1.807, 2.05) is 13.0 Å². The Morgan fingerprint density at radius 3 is 2.32 bits per heavy atom. The topological polar surface area (TPSA) is 20.2 Å². The summed E-state index contributed by atoms with van der Waals surface area (Å²) < 4.78 is 0. The zero-order chi connectivity index (χ0) is 14.5. The largest absolute Gasteiger partial charge is 0.392 e. The van der Waals surface area contributed by atoms with Gasteiger partial charge in [-0.25, -0.2) is 0 Å². The third-order valence-electron chi connectivity index (χ3n) is 3.76. The smallest absolute Gasteiger partial charge is 0.0617 e. The average Bonchev–Trinajstić information content (AvgIpc) is 2.42. The standard InChI is InChI=1S/C18H32O/c1-5-17(6-2)11-9-13-18(7-3)12-8-10-16(4)14-15-19/h8,10-11,14,18-19H,5-7,9,12-13,15H2,1-4H3/b10-8+,16-14+. The maximum Gasteiger partial charge on any atom is 0.0617 e. The second-order valence-corrected chi connectivity index (χ2v) is 5.19. The highest BCUT2D eigenvalue weighted by Crippen LogP contribution is 2.18. The van der Waals surface area contributed by atoms with E-state index in [0.29, 0.717) is 0 Å². The van der Waals surface area contributed by atoms with E-state index in [1.165, 1.54) is 32.1 Å². The highest BCUT2D eigenvalue weighted by molar-refractivity contribution is 5.15. The SMILES string of the molecule is CCC(=CCCC(CC)C/C=C/C(C)=C/CO)CC. The summed E-state index contributed by atoms with van der Waals surface area (Å²) in [5, 5.41) is 8.79. The van der Waals surface area contributed by atoms with Crippen LogP contribution in [-0.4, -0.2) is 11.7 Å². The monoisotopic (exact) mass is 264 g/mol. The molecule has 1 atom stereocenters. The number of hydrogen-bond acceptors (Lipinski definition) is 1. The van der Waals surface area contributed by atoms with Gasteiger partial charge in [-0.2, -0.15) is 0 Å². The lowest BCUT2D eigenvalue weighted by atomic mass is 9.95. The summed E-state index contributed by atoms with van der Waals surface area (Å²) in [7, 11) is 0. The second-order valence-electron chi connectivity index (χ2n) is 5.19. The number of hydrogen-bond donors (Lipinski definition) is 1. The predicted octanol–water partition coefficient (Wildman–Crippen LogP) is 5.42. The van der Waals surface area contributed by atoms with Crippen LogP contribution in [0.4, 0.5) is 0 Å². The van der Waals surface area contributed by atoms with Gasteiger partial charge in [0, 0.05) is 0 Å². The average molecular weight is 264 g/mol. The molecule has 0 rings (SSSR count). The molecule has 1 nitrogen and oxygen atoms in total. The Morgan fingerprint density at radius 1 is 1.11 bits per heavy atom. The summed E-state index contributed by atoms with van der Waals surface area (Å²) in [5.41, 5.74) is 2.74. The summed E-state index contributed by atoms with van der Waals surface area (Å²) in [5.74, 6) is 0.782. The fraction of sp³-hybridized carbons (Fsp3) is 0.667. The molecule has 1 N–H and O–H groups in total. The minimum Gasteiger partial charge on any atom is -0.392 e. The second kappa shape index (κ2) is 12.2. The third-order valence-corrected chi connectivity index (χ3v) is 3.76. The van der Waals surface area contributed by atoms with Crippen LogP contribution < -0.4 is 0 Å². The molecule has 0 aliphatic carbocycles. The molecule has 0 aromatic heterocycles. The molecule has 0 aromatic carbocycles. The van der Waals surface area contributed by atoms with Crippen molar-refractivity contribution in [1.29, 1.82) is 0 Å². The molecular formula is C18H32O. The van der Waals surface area contributed by atoms with E-state index in [1.54, 1.807) is 5.57 Å². The molecule has 0 amide bonds. The van der Waals surface area contributed by atoms with Gasteiger partial charge >= 0.3 is 0 Å². The zero-order valence-electron chi connectivity index (χ0n) is 13.3. The molecule has 1 unspecified atom stereocenters. The quantitative estimate of drug-likeness (QED) is 0.412. The molecule has 0 saturated carbocycles. The molecule has 0 spiro atoms. The lowest BCUT2D eigenvalue weighted by Crippen LogP contribution is -1.96. The number of rotatable bonds is 10. The van der Waals surface area contributed by atoms with Crippen molar-refractivity contribution in [3.05, 3.63) is 35.5 Å². The molecule has 0 radical (unpaired) electrons. The van der Waals surface area contributed by atoms with E-state index in [4.69, 9.17) is 5.11 Å². The van der Waals surface area contributed by atoms with Crippen molar-refractivity contribution < 1.29 is 5.11 Å². The van der Waals surface area contributed by atoms with Crippen LogP contribution in [0.25, 0.3) is 0 Å². The van der Waals surface area contributed by atoms with Gasteiger partial charge in [0.05, 0.1) is 6.61 Å². The van der Waals surface area contributed by atoms with Crippen LogP contribution in [0.3, 0.4) is 0 Å². The van der Waals surface area contributed by atoms with E-state index in [-0.39, 0.29) is 6.61 Å². The molecule has 0 heterocycles.